The number of hydrogen-bond donors (Lipinski definition) is 0. The van der Waals surface area contributed by atoms with E-state index in [4.69, 9.17) is 28.4 Å². The normalized spacial score (nSPS) is 33.8. The number of fused-ring (bicyclic) bond motifs is 1. The molecule has 0 aromatic heterocycles. The smallest absolute Gasteiger partial charge is 0.305 e. The van der Waals surface area contributed by atoms with E-state index in [1.807, 2.05) is 30.3 Å². The fraction of sp³-hybridized carbons (Fsp3) is 0.556. The Morgan fingerprint density at radius 2 is 1.69 bits per heavy atom. The number of hydrogen-bond acceptors (Lipinski definition) is 8. The second kappa shape index (κ2) is 8.13. The van der Waals surface area contributed by atoms with E-state index in [-0.39, 0.29) is 6.61 Å². The van der Waals surface area contributed by atoms with Crippen molar-refractivity contribution in [2.45, 2.75) is 50.8 Å². The molecule has 2 aliphatic heterocycles. The number of rotatable bonds is 4. The van der Waals surface area contributed by atoms with Crippen LogP contribution in [0.1, 0.15) is 25.7 Å². The summed E-state index contributed by atoms with van der Waals surface area (Å²) < 4.78 is 33.6. The first-order valence-corrected chi connectivity index (χ1v) is 8.34. The molecule has 8 nitrogen and oxygen atoms in total. The van der Waals surface area contributed by atoms with Gasteiger partial charge < -0.3 is 28.4 Å². The summed E-state index contributed by atoms with van der Waals surface area (Å²) in [7, 11) is 1.48. The second-order valence-electron chi connectivity index (χ2n) is 6.10. The van der Waals surface area contributed by atoms with Gasteiger partial charge >= 0.3 is 11.9 Å². The maximum absolute atomic E-state index is 11.5. The first kappa shape index (κ1) is 18.8. The molecule has 0 bridgehead atoms. The quantitative estimate of drug-likeness (QED) is 0.738. The van der Waals surface area contributed by atoms with Gasteiger partial charge in [0.05, 0.1) is 6.61 Å². The van der Waals surface area contributed by atoms with Crippen LogP contribution in [0.5, 0.6) is 0 Å². The molecule has 0 N–H and O–H groups in total. The Labute approximate surface area is 151 Å². The van der Waals surface area contributed by atoms with Gasteiger partial charge in [-0.2, -0.15) is 0 Å². The Kier molecular flexibility index (Phi) is 5.87. The van der Waals surface area contributed by atoms with E-state index in [1.165, 1.54) is 21.0 Å². The third-order valence-electron chi connectivity index (χ3n) is 4.21. The Hall–Kier alpha value is -2.00. The summed E-state index contributed by atoms with van der Waals surface area (Å²) in [5, 5.41) is 0. The maximum atomic E-state index is 11.5. The van der Waals surface area contributed by atoms with Gasteiger partial charge in [-0.25, -0.2) is 0 Å². The fourth-order valence-electron chi connectivity index (χ4n) is 3.17. The lowest BCUT2D eigenvalue weighted by Crippen LogP contribution is -2.63. The minimum Gasteiger partial charge on any atom is -0.453 e. The first-order chi connectivity index (χ1) is 12.5. The highest BCUT2D eigenvalue weighted by molar-refractivity contribution is 5.67. The zero-order chi connectivity index (χ0) is 18.7. The molecule has 2 fully saturated rings. The van der Waals surface area contributed by atoms with Crippen molar-refractivity contribution in [3.8, 4) is 0 Å². The largest absolute Gasteiger partial charge is 0.453 e. The van der Waals surface area contributed by atoms with Gasteiger partial charge in [0.25, 0.3) is 0 Å². The molecule has 0 spiro atoms. The first-order valence-electron chi connectivity index (χ1n) is 8.34. The molecule has 8 heteroatoms. The molecule has 2 saturated heterocycles. The standard InChI is InChI=1S/C18H22O8/c1-10(19)23-16-15(21-3)14-13(25-18(16)24-11(2)20)9-22-17(26-14)12-7-5-4-6-8-12/h4-8,13-18H,9H2,1-3H3/t13-,14-,15+,16-,17?,18?/m1/s1. The summed E-state index contributed by atoms with van der Waals surface area (Å²) in [6, 6.07) is 9.45. The van der Waals surface area contributed by atoms with E-state index < -0.39 is 48.9 Å². The van der Waals surface area contributed by atoms with E-state index >= 15 is 0 Å². The minimum atomic E-state index is -1.09. The van der Waals surface area contributed by atoms with Crippen molar-refractivity contribution in [2.24, 2.45) is 0 Å². The van der Waals surface area contributed by atoms with E-state index in [0.717, 1.165) is 5.56 Å². The Bertz CT molecular complexity index is 633. The molecule has 6 atom stereocenters. The van der Waals surface area contributed by atoms with Crippen molar-refractivity contribution in [1.82, 2.24) is 0 Å². The van der Waals surface area contributed by atoms with Gasteiger partial charge in [-0.1, -0.05) is 30.3 Å². The molecule has 2 unspecified atom stereocenters. The molecular formula is C18H22O8. The molecule has 0 amide bonds. The number of esters is 2. The Morgan fingerprint density at radius 1 is 1.00 bits per heavy atom. The van der Waals surface area contributed by atoms with Gasteiger partial charge in [0, 0.05) is 26.5 Å². The SMILES string of the molecule is CO[C@H]1[C@@H]2OC(c3ccccc3)OC[C@H]2OC(OC(C)=O)[C@@H]1OC(C)=O. The second-order valence-corrected chi connectivity index (χ2v) is 6.10. The van der Waals surface area contributed by atoms with Crippen LogP contribution in [0.4, 0.5) is 0 Å². The zero-order valence-electron chi connectivity index (χ0n) is 14.8. The van der Waals surface area contributed by atoms with Crippen molar-refractivity contribution in [3.05, 3.63) is 35.9 Å². The summed E-state index contributed by atoms with van der Waals surface area (Å²) in [6.07, 6.45) is -4.41. The number of benzene rings is 1. The maximum Gasteiger partial charge on any atom is 0.305 e. The van der Waals surface area contributed by atoms with Crippen LogP contribution in [0.2, 0.25) is 0 Å². The van der Waals surface area contributed by atoms with E-state index in [1.54, 1.807) is 0 Å². The summed E-state index contributed by atoms with van der Waals surface area (Å²) >= 11 is 0. The van der Waals surface area contributed by atoms with Crippen LogP contribution in [-0.2, 0) is 38.0 Å². The average molecular weight is 366 g/mol. The highest BCUT2D eigenvalue weighted by Crippen LogP contribution is 2.36. The van der Waals surface area contributed by atoms with Crippen molar-refractivity contribution in [1.29, 1.82) is 0 Å². The average Bonchev–Trinajstić information content (AvgIpc) is 2.62. The van der Waals surface area contributed by atoms with Crippen molar-refractivity contribution >= 4 is 11.9 Å². The Balaban J connectivity index is 1.82. The van der Waals surface area contributed by atoms with Gasteiger partial charge in [0.2, 0.25) is 6.29 Å². The number of carbonyl (C=O) groups is 2. The number of ether oxygens (including phenoxy) is 6. The lowest BCUT2D eigenvalue weighted by atomic mass is 9.97. The van der Waals surface area contributed by atoms with Crippen molar-refractivity contribution < 1.29 is 38.0 Å². The molecule has 1 aromatic carbocycles. The van der Waals surface area contributed by atoms with Crippen LogP contribution in [0.3, 0.4) is 0 Å². The predicted molar refractivity (Wildman–Crippen MR) is 86.8 cm³/mol. The molecule has 2 aliphatic rings. The van der Waals surface area contributed by atoms with Gasteiger partial charge in [-0.3, -0.25) is 9.59 Å². The van der Waals surface area contributed by atoms with Crippen LogP contribution in [-0.4, -0.2) is 56.4 Å². The van der Waals surface area contributed by atoms with Gasteiger partial charge in [-0.05, 0) is 0 Å². The Morgan fingerprint density at radius 3 is 2.31 bits per heavy atom. The van der Waals surface area contributed by atoms with E-state index in [0.29, 0.717) is 0 Å². The summed E-state index contributed by atoms with van der Waals surface area (Å²) in [6.45, 7) is 2.73. The van der Waals surface area contributed by atoms with Crippen molar-refractivity contribution in [3.63, 3.8) is 0 Å². The molecule has 3 rings (SSSR count). The van der Waals surface area contributed by atoms with Gasteiger partial charge in [-0.15, -0.1) is 0 Å². The molecule has 26 heavy (non-hydrogen) atoms. The van der Waals surface area contributed by atoms with Crippen molar-refractivity contribution in [2.75, 3.05) is 13.7 Å². The molecule has 0 saturated carbocycles. The highest BCUT2D eigenvalue weighted by atomic mass is 16.8. The minimum absolute atomic E-state index is 0.217. The van der Waals surface area contributed by atoms with Crippen LogP contribution >= 0.6 is 0 Å². The topological polar surface area (TPSA) is 89.5 Å². The van der Waals surface area contributed by atoms with Crippen LogP contribution in [0.15, 0.2) is 30.3 Å². The molecular weight excluding hydrogens is 344 g/mol. The summed E-state index contributed by atoms with van der Waals surface area (Å²) in [5.74, 6) is -1.09. The molecule has 1 aromatic rings. The molecule has 142 valence electrons. The molecule has 0 radical (unpaired) electrons. The van der Waals surface area contributed by atoms with Gasteiger partial charge in [0.1, 0.15) is 18.3 Å². The number of carbonyl (C=O) groups excluding carboxylic acids is 2. The third kappa shape index (κ3) is 4.04. The van der Waals surface area contributed by atoms with E-state index in [2.05, 4.69) is 0 Å². The monoisotopic (exact) mass is 366 g/mol. The predicted octanol–water partition coefficient (Wildman–Crippen LogP) is 1.34. The van der Waals surface area contributed by atoms with Crippen LogP contribution in [0, 0.1) is 0 Å². The molecule has 2 heterocycles. The lowest BCUT2D eigenvalue weighted by Gasteiger charge is -2.47. The van der Waals surface area contributed by atoms with Gasteiger partial charge in [0.15, 0.2) is 12.4 Å². The van der Waals surface area contributed by atoms with Crippen LogP contribution < -0.4 is 0 Å². The number of methoxy groups -OCH3 is 1. The zero-order valence-corrected chi connectivity index (χ0v) is 14.8. The lowest BCUT2D eigenvalue weighted by molar-refractivity contribution is -0.358. The summed E-state index contributed by atoms with van der Waals surface area (Å²) in [5.41, 5.74) is 0.854. The highest BCUT2D eigenvalue weighted by Gasteiger charge is 2.53. The third-order valence-corrected chi connectivity index (χ3v) is 4.21. The summed E-state index contributed by atoms with van der Waals surface area (Å²) in [4.78, 5) is 22.9. The fourth-order valence-corrected chi connectivity index (χ4v) is 3.17. The van der Waals surface area contributed by atoms with Crippen LogP contribution in [0.25, 0.3) is 0 Å². The van der Waals surface area contributed by atoms with E-state index in [9.17, 15) is 9.59 Å². The molecule has 0 aliphatic carbocycles.